The van der Waals surface area contributed by atoms with E-state index in [-0.39, 0.29) is 6.04 Å². The van der Waals surface area contributed by atoms with Gasteiger partial charge in [0.05, 0.1) is 11.7 Å². The van der Waals surface area contributed by atoms with Gasteiger partial charge in [-0.05, 0) is 49.1 Å². The van der Waals surface area contributed by atoms with Crippen molar-refractivity contribution in [1.29, 1.82) is 0 Å². The summed E-state index contributed by atoms with van der Waals surface area (Å²) in [6.45, 7) is 4.71. The van der Waals surface area contributed by atoms with Crippen LogP contribution in [-0.4, -0.2) is 9.61 Å². The van der Waals surface area contributed by atoms with E-state index in [9.17, 15) is 0 Å². The molecule has 0 bridgehead atoms. The molecule has 0 aliphatic heterocycles. The maximum absolute atomic E-state index is 6.55. The van der Waals surface area contributed by atoms with Gasteiger partial charge in [-0.2, -0.15) is 5.10 Å². The number of rotatable bonds is 2. The Hall–Kier alpha value is -1.35. The highest BCUT2D eigenvalue weighted by Crippen LogP contribution is 2.39. The predicted molar refractivity (Wildman–Crippen MR) is 77.8 cm³/mol. The van der Waals surface area contributed by atoms with Gasteiger partial charge in [0.2, 0.25) is 0 Å². The molecule has 1 aliphatic rings. The fraction of sp³-hybridized carbons (Fsp3) is 0.562. The van der Waals surface area contributed by atoms with Crippen LogP contribution in [0.2, 0.25) is 0 Å². The van der Waals surface area contributed by atoms with Crippen LogP contribution in [0.25, 0.3) is 5.52 Å². The number of hydrogen-bond donors (Lipinski definition) is 1. The van der Waals surface area contributed by atoms with Gasteiger partial charge >= 0.3 is 0 Å². The number of hydrogen-bond acceptors (Lipinski definition) is 2. The van der Waals surface area contributed by atoms with Crippen molar-refractivity contribution in [3.63, 3.8) is 0 Å². The third kappa shape index (κ3) is 2.39. The Balaban J connectivity index is 1.89. The lowest BCUT2D eigenvalue weighted by Gasteiger charge is -2.34. The summed E-state index contributed by atoms with van der Waals surface area (Å²) in [6.07, 6.45) is 7.77. The van der Waals surface area contributed by atoms with E-state index in [0.29, 0.717) is 5.92 Å². The summed E-state index contributed by atoms with van der Waals surface area (Å²) in [5.41, 5.74) is 8.91. The molecule has 0 radical (unpaired) electrons. The van der Waals surface area contributed by atoms with Crippen LogP contribution >= 0.6 is 0 Å². The second-order valence-electron chi connectivity index (χ2n) is 6.33. The Morgan fingerprint density at radius 3 is 2.68 bits per heavy atom. The standard InChI is InChI=1S/C16H23N3/c1-11-7-12(2)9-13(8-11)16(17)14-10-18-19-6-4-3-5-15(14)19/h3-6,10-13,16H,7-9,17H2,1-2H3. The lowest BCUT2D eigenvalue weighted by atomic mass is 9.73. The smallest absolute Gasteiger partial charge is 0.0709 e. The molecule has 3 unspecified atom stereocenters. The van der Waals surface area contributed by atoms with E-state index >= 15 is 0 Å². The minimum Gasteiger partial charge on any atom is -0.324 e. The molecule has 2 aromatic rings. The van der Waals surface area contributed by atoms with Gasteiger partial charge in [-0.25, -0.2) is 4.52 Å². The van der Waals surface area contributed by atoms with Crippen LogP contribution in [0.5, 0.6) is 0 Å². The minimum atomic E-state index is 0.116. The molecule has 1 fully saturated rings. The molecule has 3 rings (SSSR count). The molecule has 1 saturated carbocycles. The second-order valence-corrected chi connectivity index (χ2v) is 6.33. The van der Waals surface area contributed by atoms with Crippen LogP contribution < -0.4 is 5.73 Å². The molecule has 19 heavy (non-hydrogen) atoms. The van der Waals surface area contributed by atoms with Gasteiger partial charge in [0.25, 0.3) is 0 Å². The van der Waals surface area contributed by atoms with Crippen LogP contribution in [0.4, 0.5) is 0 Å². The van der Waals surface area contributed by atoms with E-state index in [1.807, 2.05) is 23.0 Å². The monoisotopic (exact) mass is 257 g/mol. The lowest BCUT2D eigenvalue weighted by molar-refractivity contribution is 0.194. The maximum atomic E-state index is 6.55. The average Bonchev–Trinajstić information content (AvgIpc) is 2.80. The summed E-state index contributed by atoms with van der Waals surface area (Å²) < 4.78 is 1.92. The second kappa shape index (κ2) is 4.97. The number of aromatic nitrogens is 2. The van der Waals surface area contributed by atoms with Crippen LogP contribution in [0.1, 0.15) is 44.7 Å². The Labute approximate surface area is 114 Å². The SMILES string of the molecule is CC1CC(C)CC(C(N)c2cnn3ccccc23)C1. The quantitative estimate of drug-likeness (QED) is 0.896. The number of fused-ring (bicyclic) bond motifs is 1. The number of nitrogens with zero attached hydrogens (tertiary/aromatic N) is 2. The van der Waals surface area contributed by atoms with Crippen molar-refractivity contribution in [2.24, 2.45) is 23.5 Å². The Bertz CT molecular complexity index is 550. The van der Waals surface area contributed by atoms with Crippen LogP contribution in [0.3, 0.4) is 0 Å². The minimum absolute atomic E-state index is 0.116. The molecule has 2 heterocycles. The maximum Gasteiger partial charge on any atom is 0.0709 e. The van der Waals surface area contributed by atoms with Crippen molar-refractivity contribution < 1.29 is 0 Å². The zero-order chi connectivity index (χ0) is 13.4. The summed E-state index contributed by atoms with van der Waals surface area (Å²) in [6, 6.07) is 6.28. The highest BCUT2D eigenvalue weighted by molar-refractivity contribution is 5.54. The van der Waals surface area contributed by atoms with Crippen LogP contribution in [0.15, 0.2) is 30.6 Å². The molecular weight excluding hydrogens is 234 g/mol. The van der Waals surface area contributed by atoms with Gasteiger partial charge in [-0.15, -0.1) is 0 Å². The molecule has 3 heteroatoms. The molecular formula is C16H23N3. The predicted octanol–water partition coefficient (Wildman–Crippen LogP) is 3.41. The molecule has 0 saturated heterocycles. The first-order valence-corrected chi connectivity index (χ1v) is 7.33. The van der Waals surface area contributed by atoms with Crippen molar-refractivity contribution in [1.82, 2.24) is 9.61 Å². The fourth-order valence-electron chi connectivity index (χ4n) is 3.77. The van der Waals surface area contributed by atoms with Gasteiger partial charge in [-0.3, -0.25) is 0 Å². The van der Waals surface area contributed by atoms with Crippen molar-refractivity contribution in [2.75, 3.05) is 0 Å². The van der Waals surface area contributed by atoms with Crippen molar-refractivity contribution >= 4 is 5.52 Å². The Morgan fingerprint density at radius 1 is 1.21 bits per heavy atom. The third-order valence-electron chi connectivity index (χ3n) is 4.54. The largest absolute Gasteiger partial charge is 0.324 e. The van der Waals surface area contributed by atoms with E-state index in [2.05, 4.69) is 31.1 Å². The first kappa shape index (κ1) is 12.7. The molecule has 3 atom stereocenters. The molecule has 2 aromatic heterocycles. The topological polar surface area (TPSA) is 43.3 Å². The van der Waals surface area contributed by atoms with E-state index in [1.165, 1.54) is 24.8 Å². The Morgan fingerprint density at radius 2 is 1.95 bits per heavy atom. The van der Waals surface area contributed by atoms with Gasteiger partial charge in [0.15, 0.2) is 0 Å². The lowest BCUT2D eigenvalue weighted by Crippen LogP contribution is -2.29. The number of pyridine rings is 1. The summed E-state index contributed by atoms with van der Waals surface area (Å²) in [7, 11) is 0. The van der Waals surface area contributed by atoms with Gasteiger partial charge < -0.3 is 5.73 Å². The summed E-state index contributed by atoms with van der Waals surface area (Å²) >= 11 is 0. The summed E-state index contributed by atoms with van der Waals surface area (Å²) in [4.78, 5) is 0. The average molecular weight is 257 g/mol. The highest BCUT2D eigenvalue weighted by Gasteiger charge is 2.30. The zero-order valence-corrected chi connectivity index (χ0v) is 11.8. The van der Waals surface area contributed by atoms with Gasteiger partial charge in [0, 0.05) is 17.8 Å². The summed E-state index contributed by atoms with van der Waals surface area (Å²) in [5, 5.41) is 4.41. The van der Waals surface area contributed by atoms with E-state index in [4.69, 9.17) is 5.73 Å². The van der Waals surface area contributed by atoms with E-state index in [1.54, 1.807) is 0 Å². The molecule has 102 valence electrons. The molecule has 3 nitrogen and oxygen atoms in total. The molecule has 0 spiro atoms. The number of nitrogens with two attached hydrogens (primary N) is 1. The fourth-order valence-corrected chi connectivity index (χ4v) is 3.77. The third-order valence-corrected chi connectivity index (χ3v) is 4.54. The van der Waals surface area contributed by atoms with Crippen LogP contribution in [0, 0.1) is 17.8 Å². The van der Waals surface area contributed by atoms with E-state index in [0.717, 1.165) is 17.4 Å². The molecule has 1 aliphatic carbocycles. The van der Waals surface area contributed by atoms with Gasteiger partial charge in [-0.1, -0.05) is 19.9 Å². The first-order chi connectivity index (χ1) is 9.15. The Kier molecular flexibility index (Phi) is 3.31. The molecule has 2 N–H and O–H groups in total. The molecule has 0 aromatic carbocycles. The van der Waals surface area contributed by atoms with Gasteiger partial charge in [0.1, 0.15) is 0 Å². The van der Waals surface area contributed by atoms with Crippen molar-refractivity contribution in [3.8, 4) is 0 Å². The van der Waals surface area contributed by atoms with Crippen LogP contribution in [-0.2, 0) is 0 Å². The van der Waals surface area contributed by atoms with Crippen molar-refractivity contribution in [2.45, 2.75) is 39.2 Å². The molecule has 0 amide bonds. The zero-order valence-electron chi connectivity index (χ0n) is 11.8. The summed E-state index contributed by atoms with van der Waals surface area (Å²) in [5.74, 6) is 2.18. The first-order valence-electron chi connectivity index (χ1n) is 7.33. The highest BCUT2D eigenvalue weighted by atomic mass is 15.2. The van der Waals surface area contributed by atoms with Crippen molar-refractivity contribution in [3.05, 3.63) is 36.2 Å². The van der Waals surface area contributed by atoms with E-state index < -0.39 is 0 Å². The normalized spacial score (nSPS) is 29.5.